The molecule has 3 rings (SSSR count). The van der Waals surface area contributed by atoms with Crippen LogP contribution in [0.3, 0.4) is 0 Å². The molecule has 1 aromatic carbocycles. The number of hydrogen-bond acceptors (Lipinski definition) is 3. The largest absolute Gasteiger partial charge is 0.341 e. The van der Waals surface area contributed by atoms with E-state index in [1.54, 1.807) is 36.6 Å². The van der Waals surface area contributed by atoms with E-state index in [0.717, 1.165) is 17.7 Å². The quantitative estimate of drug-likeness (QED) is 0.703. The zero-order chi connectivity index (χ0) is 19.6. The Bertz CT molecular complexity index is 851. The highest BCUT2D eigenvalue weighted by molar-refractivity contribution is 7.14. The lowest BCUT2D eigenvalue weighted by molar-refractivity contribution is 0.103. The van der Waals surface area contributed by atoms with Crippen molar-refractivity contribution in [2.45, 2.75) is 40.0 Å². The maximum Gasteiger partial charge on any atom is 0.318 e. The molecule has 0 radical (unpaired) electrons. The summed E-state index contributed by atoms with van der Waals surface area (Å²) in [6, 6.07) is 8.90. The Hall–Kier alpha value is -2.34. The molecular weight excluding hydrogens is 358 g/mol. The first-order valence-corrected chi connectivity index (χ1v) is 10.1. The summed E-state index contributed by atoms with van der Waals surface area (Å²) in [5, 5.41) is 8.15. The van der Waals surface area contributed by atoms with Gasteiger partial charge in [-0.1, -0.05) is 26.8 Å². The summed E-state index contributed by atoms with van der Waals surface area (Å²) in [4.78, 5) is 26.2. The molecule has 1 aromatic heterocycles. The molecule has 144 valence electrons. The summed E-state index contributed by atoms with van der Waals surface area (Å²) >= 11 is 1.60. The first-order chi connectivity index (χ1) is 12.8. The number of rotatable bonds is 3. The fourth-order valence-corrected chi connectivity index (χ4v) is 4.54. The van der Waals surface area contributed by atoms with Crippen LogP contribution in [-0.2, 0) is 12.8 Å². The third-order valence-electron chi connectivity index (χ3n) is 5.14. The van der Waals surface area contributed by atoms with Gasteiger partial charge >= 0.3 is 6.03 Å². The lowest BCUT2D eigenvalue weighted by Crippen LogP contribution is -2.26. The van der Waals surface area contributed by atoms with E-state index in [0.29, 0.717) is 22.7 Å². The summed E-state index contributed by atoms with van der Waals surface area (Å²) in [5.74, 6) is 0.557. The molecule has 0 spiro atoms. The van der Waals surface area contributed by atoms with Crippen molar-refractivity contribution in [2.24, 2.45) is 11.3 Å². The van der Waals surface area contributed by atoms with Gasteiger partial charge in [0.1, 0.15) is 0 Å². The molecule has 6 heteroatoms. The Morgan fingerprint density at radius 1 is 1.11 bits per heavy atom. The highest BCUT2D eigenvalue weighted by atomic mass is 32.1. The van der Waals surface area contributed by atoms with Crippen LogP contribution in [0, 0.1) is 11.3 Å². The van der Waals surface area contributed by atoms with Gasteiger partial charge in [0.15, 0.2) is 0 Å². The molecule has 27 heavy (non-hydrogen) atoms. The van der Waals surface area contributed by atoms with Gasteiger partial charge in [0.05, 0.1) is 4.88 Å². The van der Waals surface area contributed by atoms with Crippen molar-refractivity contribution >= 4 is 34.6 Å². The van der Waals surface area contributed by atoms with Gasteiger partial charge in [-0.15, -0.1) is 11.3 Å². The average molecular weight is 386 g/mol. The van der Waals surface area contributed by atoms with Crippen LogP contribution in [0.25, 0.3) is 0 Å². The van der Waals surface area contributed by atoms with Gasteiger partial charge in [-0.25, -0.2) is 4.79 Å². The van der Waals surface area contributed by atoms with Gasteiger partial charge < -0.3 is 16.0 Å². The third kappa shape index (κ3) is 4.69. The number of benzene rings is 1. The van der Waals surface area contributed by atoms with Crippen LogP contribution in [0.15, 0.2) is 30.3 Å². The molecule has 1 aliphatic carbocycles. The molecule has 0 fully saturated rings. The van der Waals surface area contributed by atoms with Crippen molar-refractivity contribution in [2.75, 3.05) is 17.7 Å². The molecule has 1 heterocycles. The molecule has 0 aliphatic heterocycles. The summed E-state index contributed by atoms with van der Waals surface area (Å²) in [7, 11) is 1.56. The Morgan fingerprint density at radius 3 is 2.48 bits per heavy atom. The van der Waals surface area contributed by atoms with Gasteiger partial charge in [0.25, 0.3) is 5.91 Å². The maximum atomic E-state index is 12.7. The molecule has 0 saturated heterocycles. The van der Waals surface area contributed by atoms with E-state index in [2.05, 4.69) is 42.8 Å². The van der Waals surface area contributed by atoms with Gasteiger partial charge in [0.2, 0.25) is 0 Å². The number of hydrogen-bond donors (Lipinski definition) is 3. The normalized spacial score (nSPS) is 16.4. The van der Waals surface area contributed by atoms with Crippen molar-refractivity contribution in [3.05, 3.63) is 45.6 Å². The number of aryl methyl sites for hydroxylation is 1. The summed E-state index contributed by atoms with van der Waals surface area (Å²) < 4.78 is 0. The van der Waals surface area contributed by atoms with E-state index in [1.807, 2.05) is 6.07 Å². The molecular formula is C21H27N3O2S. The number of carbonyl (C=O) groups excluding carboxylic acids is 2. The number of urea groups is 1. The summed E-state index contributed by atoms with van der Waals surface area (Å²) in [6.07, 6.45) is 3.29. The van der Waals surface area contributed by atoms with Crippen LogP contribution in [0.2, 0.25) is 0 Å². The molecule has 0 bridgehead atoms. The third-order valence-corrected chi connectivity index (χ3v) is 6.37. The monoisotopic (exact) mass is 385 g/mol. The summed E-state index contributed by atoms with van der Waals surface area (Å²) in [6.45, 7) is 6.88. The number of anilines is 2. The molecule has 5 nitrogen and oxygen atoms in total. The SMILES string of the molecule is CNC(=O)Nc1cccc(NC(=O)c2cc3c(s2)CCC(C(C)(C)C)C3)c1. The summed E-state index contributed by atoms with van der Waals surface area (Å²) in [5.41, 5.74) is 2.91. The Morgan fingerprint density at radius 2 is 1.81 bits per heavy atom. The molecule has 2 aromatic rings. The van der Waals surface area contributed by atoms with Crippen LogP contribution < -0.4 is 16.0 Å². The molecule has 1 aliphatic rings. The van der Waals surface area contributed by atoms with E-state index in [-0.39, 0.29) is 11.9 Å². The number of fused-ring (bicyclic) bond motifs is 1. The standard InChI is InChI=1S/C21H27N3O2S/c1-21(2,3)14-8-9-17-13(10-14)11-18(27-17)19(25)23-15-6-5-7-16(12-15)24-20(26)22-4/h5-7,11-12,14H,8-10H2,1-4H3,(H,23,25)(H2,22,24,26). The van der Waals surface area contributed by atoms with Crippen LogP contribution in [0.5, 0.6) is 0 Å². The van der Waals surface area contributed by atoms with Crippen molar-refractivity contribution in [1.29, 1.82) is 0 Å². The highest BCUT2D eigenvalue weighted by Gasteiger charge is 2.30. The number of amides is 3. The molecule has 1 atom stereocenters. The zero-order valence-corrected chi connectivity index (χ0v) is 17.1. The van der Waals surface area contributed by atoms with Crippen LogP contribution >= 0.6 is 11.3 Å². The molecule has 1 unspecified atom stereocenters. The van der Waals surface area contributed by atoms with Crippen LogP contribution in [0.4, 0.5) is 16.2 Å². The Kier molecular flexibility index (Phi) is 5.56. The predicted molar refractivity (Wildman–Crippen MR) is 112 cm³/mol. The zero-order valence-electron chi connectivity index (χ0n) is 16.3. The van der Waals surface area contributed by atoms with Gasteiger partial charge in [0, 0.05) is 23.3 Å². The fourth-order valence-electron chi connectivity index (χ4n) is 3.44. The molecule has 3 N–H and O–H groups in total. The Balaban J connectivity index is 1.70. The minimum absolute atomic E-state index is 0.0983. The number of thiophene rings is 1. The van der Waals surface area contributed by atoms with E-state index < -0.39 is 0 Å². The first kappa shape index (κ1) is 19.4. The van der Waals surface area contributed by atoms with Crippen molar-refractivity contribution in [1.82, 2.24) is 5.32 Å². The first-order valence-electron chi connectivity index (χ1n) is 9.28. The van der Waals surface area contributed by atoms with Gasteiger partial charge in [-0.05, 0) is 60.4 Å². The van der Waals surface area contributed by atoms with Gasteiger partial charge in [-0.3, -0.25) is 4.79 Å². The second kappa shape index (κ2) is 7.72. The topological polar surface area (TPSA) is 70.2 Å². The maximum absolute atomic E-state index is 12.7. The number of carbonyl (C=O) groups is 2. The predicted octanol–water partition coefficient (Wildman–Crippen LogP) is 4.90. The second-order valence-corrected chi connectivity index (χ2v) is 9.24. The van der Waals surface area contributed by atoms with E-state index in [4.69, 9.17) is 0 Å². The van der Waals surface area contributed by atoms with E-state index in [9.17, 15) is 9.59 Å². The second-order valence-electron chi connectivity index (χ2n) is 8.10. The fraction of sp³-hybridized carbons (Fsp3) is 0.429. The highest BCUT2D eigenvalue weighted by Crippen LogP contribution is 2.40. The van der Waals surface area contributed by atoms with E-state index >= 15 is 0 Å². The minimum Gasteiger partial charge on any atom is -0.341 e. The van der Waals surface area contributed by atoms with Gasteiger partial charge in [-0.2, -0.15) is 0 Å². The Labute approximate surface area is 164 Å². The smallest absolute Gasteiger partial charge is 0.318 e. The van der Waals surface area contributed by atoms with E-state index in [1.165, 1.54) is 16.9 Å². The molecule has 3 amide bonds. The lowest BCUT2D eigenvalue weighted by Gasteiger charge is -2.33. The lowest BCUT2D eigenvalue weighted by atomic mass is 9.72. The van der Waals surface area contributed by atoms with Crippen molar-refractivity contribution in [3.8, 4) is 0 Å². The van der Waals surface area contributed by atoms with Crippen LogP contribution in [0.1, 0.15) is 47.3 Å². The van der Waals surface area contributed by atoms with Crippen molar-refractivity contribution < 1.29 is 9.59 Å². The molecule has 0 saturated carbocycles. The number of nitrogens with one attached hydrogen (secondary N) is 3. The minimum atomic E-state index is -0.294. The van der Waals surface area contributed by atoms with Crippen LogP contribution in [-0.4, -0.2) is 19.0 Å². The average Bonchev–Trinajstić information content (AvgIpc) is 3.04. The van der Waals surface area contributed by atoms with Crippen molar-refractivity contribution in [3.63, 3.8) is 0 Å².